The van der Waals surface area contributed by atoms with E-state index in [1.807, 2.05) is 41.1 Å². The number of benzene rings is 2. The van der Waals surface area contributed by atoms with Gasteiger partial charge in [0.05, 0.1) is 20.0 Å². The molecule has 1 heterocycles. The summed E-state index contributed by atoms with van der Waals surface area (Å²) in [4.78, 5) is 4.06. The van der Waals surface area contributed by atoms with Crippen molar-refractivity contribution in [1.29, 1.82) is 0 Å². The lowest BCUT2D eigenvalue weighted by molar-refractivity contribution is -0.0445. The van der Waals surface area contributed by atoms with Crippen LogP contribution in [0.15, 0.2) is 61.2 Å². The van der Waals surface area contributed by atoms with Gasteiger partial charge in [-0.1, -0.05) is 29.3 Å². The summed E-state index contributed by atoms with van der Waals surface area (Å²) in [5, 5.41) is 1.13. The van der Waals surface area contributed by atoms with Crippen LogP contribution < -0.4 is 9.47 Å². The molecular weight excluding hydrogens is 375 g/mol. The van der Waals surface area contributed by atoms with Crippen LogP contribution in [0.1, 0.15) is 11.7 Å². The Bertz CT molecular complexity index is 823. The summed E-state index contributed by atoms with van der Waals surface area (Å²) in [5.74, 6) is 1.46. The normalized spacial score (nSPS) is 12.0. The molecule has 1 atom stereocenters. The topological polar surface area (TPSA) is 45.5 Å². The summed E-state index contributed by atoms with van der Waals surface area (Å²) in [7, 11) is 1.62. The van der Waals surface area contributed by atoms with Crippen LogP contribution in [0.25, 0.3) is 0 Å². The highest BCUT2D eigenvalue weighted by Gasteiger charge is 2.17. The Morgan fingerprint density at radius 1 is 1.08 bits per heavy atom. The zero-order valence-corrected chi connectivity index (χ0v) is 15.7. The summed E-state index contributed by atoms with van der Waals surface area (Å²) in [5.41, 5.74) is 0.836. The van der Waals surface area contributed by atoms with Gasteiger partial charge in [-0.3, -0.25) is 0 Å². The molecular formula is C19H18Cl2N2O3. The van der Waals surface area contributed by atoms with Gasteiger partial charge in [-0.25, -0.2) is 4.98 Å². The summed E-state index contributed by atoms with van der Waals surface area (Å²) >= 11 is 12.3. The fourth-order valence-electron chi connectivity index (χ4n) is 2.45. The molecule has 0 amide bonds. The number of ether oxygens (including phenoxy) is 3. The fraction of sp³-hybridized carbons (Fsp3) is 0.211. The maximum atomic E-state index is 6.35. The molecule has 7 heteroatoms. The molecule has 0 aliphatic rings. The SMILES string of the molecule is COc1ccc(OCOC(Cn2ccnc2)c2ccc(Cl)cc2Cl)cc1. The summed E-state index contributed by atoms with van der Waals surface area (Å²) in [6.07, 6.45) is 5.00. The van der Waals surface area contributed by atoms with Gasteiger partial charge >= 0.3 is 0 Å². The average Bonchev–Trinajstić information content (AvgIpc) is 3.15. The van der Waals surface area contributed by atoms with Crippen molar-refractivity contribution in [3.05, 3.63) is 76.8 Å². The Labute approximate surface area is 162 Å². The van der Waals surface area contributed by atoms with E-state index in [9.17, 15) is 0 Å². The molecule has 1 aromatic heterocycles. The molecule has 0 saturated heterocycles. The first-order valence-electron chi connectivity index (χ1n) is 7.95. The zero-order chi connectivity index (χ0) is 18.4. The lowest BCUT2D eigenvalue weighted by Gasteiger charge is -2.20. The summed E-state index contributed by atoms with van der Waals surface area (Å²) in [6, 6.07) is 12.7. The van der Waals surface area contributed by atoms with E-state index in [1.165, 1.54) is 0 Å². The van der Waals surface area contributed by atoms with E-state index in [0.29, 0.717) is 22.3 Å². The first-order chi connectivity index (χ1) is 12.7. The van der Waals surface area contributed by atoms with Gasteiger partial charge in [0.2, 0.25) is 0 Å². The van der Waals surface area contributed by atoms with Gasteiger partial charge in [0, 0.05) is 28.0 Å². The largest absolute Gasteiger partial charge is 0.497 e. The standard InChI is InChI=1S/C19H18Cl2N2O3/c1-24-15-3-5-16(6-4-15)25-13-26-19(11-23-9-8-22-12-23)17-7-2-14(20)10-18(17)21/h2-10,12,19H,11,13H2,1H3. The minimum atomic E-state index is -0.313. The molecule has 0 aliphatic carbocycles. The van der Waals surface area contributed by atoms with Crippen molar-refractivity contribution in [2.24, 2.45) is 0 Å². The number of rotatable bonds is 8. The number of imidazole rings is 1. The highest BCUT2D eigenvalue weighted by Crippen LogP contribution is 2.30. The third-order valence-electron chi connectivity index (χ3n) is 3.80. The van der Waals surface area contributed by atoms with Crippen molar-refractivity contribution < 1.29 is 14.2 Å². The van der Waals surface area contributed by atoms with E-state index in [4.69, 9.17) is 37.4 Å². The van der Waals surface area contributed by atoms with E-state index in [-0.39, 0.29) is 12.9 Å². The van der Waals surface area contributed by atoms with Gasteiger partial charge in [0.15, 0.2) is 6.79 Å². The second kappa shape index (κ2) is 8.94. The van der Waals surface area contributed by atoms with E-state index in [1.54, 1.807) is 31.8 Å². The second-order valence-electron chi connectivity index (χ2n) is 5.52. The highest BCUT2D eigenvalue weighted by atomic mass is 35.5. The highest BCUT2D eigenvalue weighted by molar-refractivity contribution is 6.35. The number of hydrogen-bond acceptors (Lipinski definition) is 4. The van der Waals surface area contributed by atoms with Crippen molar-refractivity contribution in [3.8, 4) is 11.5 Å². The molecule has 5 nitrogen and oxygen atoms in total. The molecule has 0 bridgehead atoms. The Morgan fingerprint density at radius 2 is 1.85 bits per heavy atom. The molecule has 136 valence electrons. The van der Waals surface area contributed by atoms with Gasteiger partial charge in [-0.05, 0) is 36.4 Å². The van der Waals surface area contributed by atoms with Gasteiger partial charge in [0.25, 0.3) is 0 Å². The van der Waals surface area contributed by atoms with Crippen molar-refractivity contribution in [2.75, 3.05) is 13.9 Å². The number of methoxy groups -OCH3 is 1. The maximum absolute atomic E-state index is 6.35. The third-order valence-corrected chi connectivity index (χ3v) is 4.36. The van der Waals surface area contributed by atoms with E-state index < -0.39 is 0 Å². The Kier molecular flexibility index (Phi) is 6.39. The predicted octanol–water partition coefficient (Wildman–Crippen LogP) is 4.99. The number of nitrogens with zero attached hydrogens (tertiary/aromatic N) is 2. The van der Waals surface area contributed by atoms with Crippen LogP contribution >= 0.6 is 23.2 Å². The molecule has 0 aliphatic heterocycles. The van der Waals surface area contributed by atoms with Crippen molar-refractivity contribution in [1.82, 2.24) is 9.55 Å². The van der Waals surface area contributed by atoms with E-state index in [0.717, 1.165) is 11.3 Å². The molecule has 0 N–H and O–H groups in total. The molecule has 3 aromatic rings. The minimum absolute atomic E-state index is 0.0741. The maximum Gasteiger partial charge on any atom is 0.189 e. The second-order valence-corrected chi connectivity index (χ2v) is 6.36. The smallest absolute Gasteiger partial charge is 0.189 e. The quantitative estimate of drug-likeness (QED) is 0.506. The van der Waals surface area contributed by atoms with Gasteiger partial charge in [0.1, 0.15) is 17.6 Å². The first-order valence-corrected chi connectivity index (χ1v) is 8.70. The Hall–Kier alpha value is -2.21. The molecule has 0 spiro atoms. The molecule has 0 radical (unpaired) electrons. The van der Waals surface area contributed by atoms with Crippen molar-refractivity contribution >= 4 is 23.2 Å². The molecule has 1 unspecified atom stereocenters. The van der Waals surface area contributed by atoms with Gasteiger partial charge < -0.3 is 18.8 Å². The van der Waals surface area contributed by atoms with E-state index in [2.05, 4.69) is 4.98 Å². The predicted molar refractivity (Wildman–Crippen MR) is 101 cm³/mol. The average molecular weight is 393 g/mol. The number of halogens is 2. The zero-order valence-electron chi connectivity index (χ0n) is 14.1. The van der Waals surface area contributed by atoms with Crippen LogP contribution in [0.2, 0.25) is 10.0 Å². The lowest BCUT2D eigenvalue weighted by Crippen LogP contribution is -2.15. The van der Waals surface area contributed by atoms with Crippen LogP contribution in [-0.2, 0) is 11.3 Å². The van der Waals surface area contributed by atoms with E-state index >= 15 is 0 Å². The molecule has 26 heavy (non-hydrogen) atoms. The fourth-order valence-corrected chi connectivity index (χ4v) is 2.98. The minimum Gasteiger partial charge on any atom is -0.497 e. The lowest BCUT2D eigenvalue weighted by atomic mass is 10.1. The first kappa shape index (κ1) is 18.6. The molecule has 3 rings (SSSR count). The van der Waals surface area contributed by atoms with Crippen molar-refractivity contribution in [3.63, 3.8) is 0 Å². The van der Waals surface area contributed by atoms with Crippen LogP contribution in [0.4, 0.5) is 0 Å². The monoisotopic (exact) mass is 392 g/mol. The van der Waals surface area contributed by atoms with Gasteiger partial charge in [-0.2, -0.15) is 0 Å². The van der Waals surface area contributed by atoms with Crippen LogP contribution in [0.3, 0.4) is 0 Å². The number of hydrogen-bond donors (Lipinski definition) is 0. The molecule has 2 aromatic carbocycles. The Balaban J connectivity index is 1.68. The third kappa shape index (κ3) is 4.91. The summed E-state index contributed by atoms with van der Waals surface area (Å²) in [6.45, 7) is 0.623. The summed E-state index contributed by atoms with van der Waals surface area (Å²) < 4.78 is 18.7. The van der Waals surface area contributed by atoms with Crippen LogP contribution in [0.5, 0.6) is 11.5 Å². The van der Waals surface area contributed by atoms with Crippen molar-refractivity contribution in [2.45, 2.75) is 12.6 Å². The molecule has 0 saturated carbocycles. The number of aromatic nitrogens is 2. The van der Waals surface area contributed by atoms with Gasteiger partial charge in [-0.15, -0.1) is 0 Å². The van der Waals surface area contributed by atoms with Crippen LogP contribution in [-0.4, -0.2) is 23.5 Å². The van der Waals surface area contributed by atoms with Crippen LogP contribution in [0, 0.1) is 0 Å². The Morgan fingerprint density at radius 3 is 2.50 bits per heavy atom. The molecule has 0 fully saturated rings.